The summed E-state index contributed by atoms with van der Waals surface area (Å²) in [6.45, 7) is 4.52. The van der Waals surface area contributed by atoms with Gasteiger partial charge in [0.1, 0.15) is 0 Å². The molecule has 4 nitrogen and oxygen atoms in total. The molecule has 5 heteroatoms. The van der Waals surface area contributed by atoms with Gasteiger partial charge in [0, 0.05) is 50.5 Å². The van der Waals surface area contributed by atoms with Crippen LogP contribution in [0, 0.1) is 0 Å². The van der Waals surface area contributed by atoms with Gasteiger partial charge in [-0.15, -0.1) is 0 Å². The van der Waals surface area contributed by atoms with E-state index in [0.717, 1.165) is 37.3 Å². The van der Waals surface area contributed by atoms with E-state index in [1.54, 1.807) is 7.11 Å². The first kappa shape index (κ1) is 17.4. The summed E-state index contributed by atoms with van der Waals surface area (Å²) < 4.78 is 6.17. The van der Waals surface area contributed by atoms with E-state index in [9.17, 15) is 0 Å². The molecule has 0 spiro atoms. The van der Waals surface area contributed by atoms with Crippen molar-refractivity contribution in [3.63, 3.8) is 0 Å². The molecular weight excluding hydrogens is 318 g/mol. The summed E-state index contributed by atoms with van der Waals surface area (Å²) in [4.78, 5) is 4.50. The Kier molecular flexibility index (Phi) is 8.14. The maximum Gasteiger partial charge on any atom is 0.0587 e. The fraction of sp³-hybridized carbons (Fsp3) is 0.600. The van der Waals surface area contributed by atoms with E-state index in [1.807, 2.05) is 0 Å². The number of halogens is 1. The van der Waals surface area contributed by atoms with Crippen molar-refractivity contribution in [3.8, 4) is 0 Å². The Bertz CT molecular complexity index is 399. The lowest BCUT2D eigenvalue weighted by Gasteiger charge is -2.24. The summed E-state index contributed by atoms with van der Waals surface area (Å²) in [5, 5.41) is 3.40. The third kappa shape index (κ3) is 6.22. The topological polar surface area (TPSA) is 27.7 Å². The van der Waals surface area contributed by atoms with Crippen molar-refractivity contribution in [2.24, 2.45) is 0 Å². The van der Waals surface area contributed by atoms with Gasteiger partial charge in [-0.25, -0.2) is 0 Å². The van der Waals surface area contributed by atoms with Gasteiger partial charge >= 0.3 is 0 Å². The molecule has 1 aromatic carbocycles. The Morgan fingerprint density at radius 1 is 1.20 bits per heavy atom. The first-order chi connectivity index (χ1) is 9.54. The van der Waals surface area contributed by atoms with Crippen LogP contribution in [0.2, 0.25) is 0 Å². The predicted octanol–water partition coefficient (Wildman–Crippen LogP) is 2.18. The van der Waals surface area contributed by atoms with Crippen LogP contribution in [0.3, 0.4) is 0 Å². The zero-order chi connectivity index (χ0) is 15.0. The molecule has 1 rings (SSSR count). The molecule has 0 atom stereocenters. The standard InChI is InChI=1S/C15H26BrN3O/c1-18(2)8-9-19(3)15-11-14(16)6-5-13(15)12-17-7-10-20-4/h5-6,11,17H,7-10,12H2,1-4H3. The number of benzene rings is 1. The summed E-state index contributed by atoms with van der Waals surface area (Å²) in [6, 6.07) is 6.45. The maximum absolute atomic E-state index is 5.06. The minimum atomic E-state index is 0.738. The molecule has 0 fully saturated rings. The fourth-order valence-electron chi connectivity index (χ4n) is 1.91. The van der Waals surface area contributed by atoms with Crippen LogP contribution in [-0.4, -0.2) is 59.4 Å². The van der Waals surface area contributed by atoms with E-state index >= 15 is 0 Å². The van der Waals surface area contributed by atoms with Crippen LogP contribution in [0.25, 0.3) is 0 Å². The number of hydrogen-bond acceptors (Lipinski definition) is 4. The van der Waals surface area contributed by atoms with Gasteiger partial charge < -0.3 is 19.9 Å². The quantitative estimate of drug-likeness (QED) is 0.695. The van der Waals surface area contributed by atoms with Crippen LogP contribution in [0.5, 0.6) is 0 Å². The monoisotopic (exact) mass is 343 g/mol. The summed E-state index contributed by atoms with van der Waals surface area (Å²) in [7, 11) is 8.07. The Hall–Kier alpha value is -0.620. The van der Waals surface area contributed by atoms with Crippen molar-refractivity contribution in [1.82, 2.24) is 10.2 Å². The van der Waals surface area contributed by atoms with E-state index in [4.69, 9.17) is 4.74 Å². The lowest BCUT2D eigenvalue weighted by molar-refractivity contribution is 0.199. The molecule has 0 aliphatic heterocycles. The molecular formula is C15H26BrN3O. The van der Waals surface area contributed by atoms with Gasteiger partial charge in [-0.05, 0) is 31.8 Å². The van der Waals surface area contributed by atoms with Crippen LogP contribution in [-0.2, 0) is 11.3 Å². The predicted molar refractivity (Wildman–Crippen MR) is 89.5 cm³/mol. The highest BCUT2D eigenvalue weighted by Crippen LogP contribution is 2.24. The molecule has 0 aromatic heterocycles. The van der Waals surface area contributed by atoms with Gasteiger partial charge in [0.15, 0.2) is 0 Å². The van der Waals surface area contributed by atoms with E-state index < -0.39 is 0 Å². The molecule has 1 N–H and O–H groups in total. The van der Waals surface area contributed by atoms with Crippen LogP contribution >= 0.6 is 15.9 Å². The Morgan fingerprint density at radius 2 is 1.95 bits per heavy atom. The average Bonchev–Trinajstić information content (AvgIpc) is 2.42. The molecule has 0 heterocycles. The fourth-order valence-corrected chi connectivity index (χ4v) is 2.26. The van der Waals surface area contributed by atoms with E-state index in [1.165, 1.54) is 11.3 Å². The van der Waals surface area contributed by atoms with Crippen LogP contribution < -0.4 is 10.2 Å². The van der Waals surface area contributed by atoms with Crippen molar-refractivity contribution in [2.45, 2.75) is 6.54 Å². The molecule has 0 amide bonds. The van der Waals surface area contributed by atoms with Crippen molar-refractivity contribution in [1.29, 1.82) is 0 Å². The number of likely N-dealkylation sites (N-methyl/N-ethyl adjacent to an activating group) is 2. The summed E-state index contributed by atoms with van der Waals surface area (Å²) in [5.74, 6) is 0. The number of nitrogens with zero attached hydrogens (tertiary/aromatic N) is 2. The van der Waals surface area contributed by atoms with Gasteiger partial charge in [-0.2, -0.15) is 0 Å². The van der Waals surface area contributed by atoms with Crippen molar-refractivity contribution < 1.29 is 4.74 Å². The van der Waals surface area contributed by atoms with Gasteiger partial charge in [0.05, 0.1) is 6.61 Å². The second-order valence-corrected chi connectivity index (χ2v) is 6.08. The van der Waals surface area contributed by atoms with E-state index in [-0.39, 0.29) is 0 Å². The normalized spacial score (nSPS) is 11.1. The second-order valence-electron chi connectivity index (χ2n) is 5.17. The van der Waals surface area contributed by atoms with Gasteiger partial charge in [0.25, 0.3) is 0 Å². The lowest BCUT2D eigenvalue weighted by Crippen LogP contribution is -2.29. The van der Waals surface area contributed by atoms with E-state index in [0.29, 0.717) is 0 Å². The molecule has 114 valence electrons. The van der Waals surface area contributed by atoms with Crippen molar-refractivity contribution in [3.05, 3.63) is 28.2 Å². The number of anilines is 1. The number of ether oxygens (including phenoxy) is 1. The highest BCUT2D eigenvalue weighted by molar-refractivity contribution is 9.10. The van der Waals surface area contributed by atoms with Gasteiger partial charge in [-0.3, -0.25) is 0 Å². The first-order valence-corrected chi connectivity index (χ1v) is 7.68. The number of hydrogen-bond donors (Lipinski definition) is 1. The van der Waals surface area contributed by atoms with Crippen LogP contribution in [0.1, 0.15) is 5.56 Å². The molecule has 0 bridgehead atoms. The Balaban J connectivity index is 2.68. The number of rotatable bonds is 9. The molecule has 0 saturated carbocycles. The van der Waals surface area contributed by atoms with Crippen LogP contribution in [0.4, 0.5) is 5.69 Å². The SMILES string of the molecule is COCCNCc1ccc(Br)cc1N(C)CCN(C)C. The molecule has 0 aliphatic rings. The molecule has 0 aliphatic carbocycles. The lowest BCUT2D eigenvalue weighted by atomic mass is 10.1. The summed E-state index contributed by atoms with van der Waals surface area (Å²) >= 11 is 3.56. The zero-order valence-corrected chi connectivity index (χ0v) is 14.5. The Morgan fingerprint density at radius 3 is 2.60 bits per heavy atom. The highest BCUT2D eigenvalue weighted by Gasteiger charge is 2.08. The third-order valence-corrected chi connectivity index (χ3v) is 3.63. The summed E-state index contributed by atoms with van der Waals surface area (Å²) in [6.07, 6.45) is 0. The maximum atomic E-state index is 5.06. The zero-order valence-electron chi connectivity index (χ0n) is 12.9. The largest absolute Gasteiger partial charge is 0.383 e. The highest BCUT2D eigenvalue weighted by atomic mass is 79.9. The van der Waals surface area contributed by atoms with Crippen LogP contribution in [0.15, 0.2) is 22.7 Å². The molecule has 0 unspecified atom stereocenters. The molecule has 20 heavy (non-hydrogen) atoms. The van der Waals surface area contributed by atoms with Gasteiger partial charge in [0.2, 0.25) is 0 Å². The first-order valence-electron chi connectivity index (χ1n) is 6.88. The molecule has 0 radical (unpaired) electrons. The smallest absolute Gasteiger partial charge is 0.0587 e. The van der Waals surface area contributed by atoms with E-state index in [2.05, 4.69) is 70.4 Å². The third-order valence-electron chi connectivity index (χ3n) is 3.14. The number of methoxy groups -OCH3 is 1. The Labute approximate surface area is 131 Å². The van der Waals surface area contributed by atoms with Crippen molar-refractivity contribution >= 4 is 21.6 Å². The summed E-state index contributed by atoms with van der Waals surface area (Å²) in [5.41, 5.74) is 2.58. The average molecular weight is 344 g/mol. The van der Waals surface area contributed by atoms with Gasteiger partial charge in [-0.1, -0.05) is 22.0 Å². The molecule has 1 aromatic rings. The number of nitrogens with one attached hydrogen (secondary N) is 1. The second kappa shape index (κ2) is 9.34. The van der Waals surface area contributed by atoms with Crippen molar-refractivity contribution in [2.75, 3.05) is 59.4 Å². The molecule has 0 saturated heterocycles. The minimum Gasteiger partial charge on any atom is -0.383 e. The minimum absolute atomic E-state index is 0.738.